The van der Waals surface area contributed by atoms with Gasteiger partial charge in [-0.2, -0.15) is 13.5 Å². The van der Waals surface area contributed by atoms with E-state index in [1.165, 1.54) is 18.3 Å². The quantitative estimate of drug-likeness (QED) is 0.658. The maximum atomic E-state index is 10.2. The molecule has 1 rings (SSSR count). The molecule has 1 heterocycles. The maximum Gasteiger partial charge on any atom is 0.300 e. The second-order valence-electron chi connectivity index (χ2n) is 1.91. The average molecular weight is 190 g/mol. The number of hydrogen-bond acceptors (Lipinski definition) is 5. The van der Waals surface area contributed by atoms with Crippen molar-refractivity contribution in [2.45, 2.75) is 0 Å². The van der Waals surface area contributed by atoms with E-state index in [4.69, 9.17) is 4.55 Å². The van der Waals surface area contributed by atoms with Crippen molar-refractivity contribution in [3.8, 4) is 5.88 Å². The van der Waals surface area contributed by atoms with Crippen LogP contribution in [-0.2, 0) is 10.1 Å². The first-order chi connectivity index (χ1) is 5.58. The first-order valence-corrected chi connectivity index (χ1v) is 4.54. The Hall–Kier alpha value is -1.21. The normalized spacial score (nSPS) is 11.1. The Morgan fingerprint density at radius 1 is 1.58 bits per heavy atom. The van der Waals surface area contributed by atoms with E-state index in [1.54, 1.807) is 0 Å². The third kappa shape index (κ3) is 3.26. The Morgan fingerprint density at radius 3 is 2.83 bits per heavy atom. The SMILES string of the molecule is O=S(=O)(O)COc1cccnn1. The molecule has 6 nitrogen and oxygen atoms in total. The van der Waals surface area contributed by atoms with E-state index in [0.29, 0.717) is 0 Å². The summed E-state index contributed by atoms with van der Waals surface area (Å²) in [6, 6.07) is 2.96. The van der Waals surface area contributed by atoms with Gasteiger partial charge in [0.15, 0.2) is 0 Å². The first-order valence-electron chi connectivity index (χ1n) is 2.93. The van der Waals surface area contributed by atoms with Gasteiger partial charge >= 0.3 is 10.1 Å². The van der Waals surface area contributed by atoms with Gasteiger partial charge in [0, 0.05) is 12.3 Å². The van der Waals surface area contributed by atoms with Crippen molar-refractivity contribution in [3.63, 3.8) is 0 Å². The Bertz CT molecular complexity index is 336. The zero-order valence-corrected chi connectivity index (χ0v) is 6.73. The number of ether oxygens (including phenoxy) is 1. The standard InChI is InChI=1S/C5H6N2O4S/c8-12(9,10)4-11-5-2-1-3-6-7-5/h1-3H,4H2,(H,8,9,10). The minimum Gasteiger partial charge on any atom is -0.458 e. The van der Waals surface area contributed by atoms with Crippen molar-refractivity contribution in [2.75, 3.05) is 5.94 Å². The number of aromatic nitrogens is 2. The van der Waals surface area contributed by atoms with Crippen LogP contribution in [0.3, 0.4) is 0 Å². The monoisotopic (exact) mass is 190 g/mol. The number of rotatable bonds is 3. The minimum absolute atomic E-state index is 0.0510. The van der Waals surface area contributed by atoms with Crippen molar-refractivity contribution in [1.82, 2.24) is 10.2 Å². The summed E-state index contributed by atoms with van der Waals surface area (Å²) in [7, 11) is -4.11. The van der Waals surface area contributed by atoms with Gasteiger partial charge in [-0.25, -0.2) is 0 Å². The van der Waals surface area contributed by atoms with E-state index in [0.717, 1.165) is 0 Å². The molecule has 0 saturated carbocycles. The molecule has 0 bridgehead atoms. The van der Waals surface area contributed by atoms with Crippen LogP contribution in [0.1, 0.15) is 0 Å². The van der Waals surface area contributed by atoms with Crippen molar-refractivity contribution in [3.05, 3.63) is 18.3 Å². The molecule has 0 spiro atoms. The molecule has 0 fully saturated rings. The molecular formula is C5H6N2O4S. The van der Waals surface area contributed by atoms with E-state index in [2.05, 4.69) is 14.9 Å². The minimum atomic E-state index is -4.11. The fraction of sp³-hybridized carbons (Fsp3) is 0.200. The third-order valence-electron chi connectivity index (χ3n) is 0.904. The highest BCUT2D eigenvalue weighted by Crippen LogP contribution is 2.01. The molecule has 0 radical (unpaired) electrons. The lowest BCUT2D eigenvalue weighted by Crippen LogP contribution is -2.11. The van der Waals surface area contributed by atoms with Crippen LogP contribution in [0.2, 0.25) is 0 Å². The zero-order valence-electron chi connectivity index (χ0n) is 5.91. The van der Waals surface area contributed by atoms with Gasteiger partial charge in [0.05, 0.1) is 0 Å². The van der Waals surface area contributed by atoms with Gasteiger partial charge in [0.1, 0.15) is 0 Å². The van der Waals surface area contributed by atoms with Gasteiger partial charge in [0.2, 0.25) is 11.8 Å². The summed E-state index contributed by atoms with van der Waals surface area (Å²) in [6.07, 6.45) is 1.42. The molecule has 1 N–H and O–H groups in total. The van der Waals surface area contributed by atoms with Crippen molar-refractivity contribution in [2.24, 2.45) is 0 Å². The molecular weight excluding hydrogens is 184 g/mol. The Morgan fingerprint density at radius 2 is 2.33 bits per heavy atom. The van der Waals surface area contributed by atoms with Gasteiger partial charge in [0.25, 0.3) is 0 Å². The number of hydrogen-bond donors (Lipinski definition) is 1. The lowest BCUT2D eigenvalue weighted by molar-refractivity contribution is 0.337. The maximum absolute atomic E-state index is 10.2. The van der Waals surface area contributed by atoms with Gasteiger partial charge in [-0.1, -0.05) is 0 Å². The predicted octanol–water partition coefficient (Wildman–Crippen LogP) is -0.299. The predicted molar refractivity (Wildman–Crippen MR) is 39.1 cm³/mol. The molecule has 66 valence electrons. The Balaban J connectivity index is 2.56. The molecule has 1 aromatic rings. The van der Waals surface area contributed by atoms with Gasteiger partial charge < -0.3 is 4.74 Å². The molecule has 0 aliphatic rings. The van der Waals surface area contributed by atoms with E-state index in [-0.39, 0.29) is 5.88 Å². The summed E-state index contributed by atoms with van der Waals surface area (Å²) in [5.74, 6) is -0.763. The molecule has 1 aromatic heterocycles. The largest absolute Gasteiger partial charge is 0.458 e. The fourth-order valence-electron chi connectivity index (χ4n) is 0.499. The van der Waals surface area contributed by atoms with Crippen LogP contribution < -0.4 is 4.74 Å². The molecule has 0 amide bonds. The topological polar surface area (TPSA) is 89.4 Å². The highest BCUT2D eigenvalue weighted by Gasteiger charge is 2.05. The van der Waals surface area contributed by atoms with Crippen LogP contribution >= 0.6 is 0 Å². The molecule has 0 atom stereocenters. The van der Waals surface area contributed by atoms with Gasteiger partial charge in [-0.15, -0.1) is 5.10 Å². The summed E-state index contributed by atoms with van der Waals surface area (Å²) in [5, 5.41) is 6.87. The lowest BCUT2D eigenvalue weighted by Gasteiger charge is -1.99. The van der Waals surface area contributed by atoms with Gasteiger partial charge in [-0.05, 0) is 6.07 Å². The molecule has 0 aromatic carbocycles. The summed E-state index contributed by atoms with van der Waals surface area (Å²) in [4.78, 5) is 0. The second kappa shape index (κ2) is 3.46. The lowest BCUT2D eigenvalue weighted by atomic mass is 10.6. The van der Waals surface area contributed by atoms with Crippen molar-refractivity contribution >= 4 is 10.1 Å². The van der Waals surface area contributed by atoms with Crippen LogP contribution in [0, 0.1) is 0 Å². The number of nitrogens with zero attached hydrogens (tertiary/aromatic N) is 2. The summed E-state index contributed by atoms with van der Waals surface area (Å²) < 4.78 is 33.2. The third-order valence-corrected chi connectivity index (χ3v) is 1.32. The van der Waals surface area contributed by atoms with Crippen molar-refractivity contribution < 1.29 is 17.7 Å². The van der Waals surface area contributed by atoms with Crippen LogP contribution in [0.5, 0.6) is 5.88 Å². The highest BCUT2D eigenvalue weighted by molar-refractivity contribution is 7.85. The van der Waals surface area contributed by atoms with E-state index in [1.807, 2.05) is 0 Å². The highest BCUT2D eigenvalue weighted by atomic mass is 32.2. The summed E-state index contributed by atoms with van der Waals surface area (Å²) >= 11 is 0. The van der Waals surface area contributed by atoms with E-state index in [9.17, 15) is 8.42 Å². The van der Waals surface area contributed by atoms with Crippen LogP contribution in [0.15, 0.2) is 18.3 Å². The first kappa shape index (κ1) is 8.88. The van der Waals surface area contributed by atoms with Crippen LogP contribution in [-0.4, -0.2) is 29.1 Å². The second-order valence-corrected chi connectivity index (χ2v) is 3.31. The fourth-order valence-corrected chi connectivity index (χ4v) is 0.769. The summed E-state index contributed by atoms with van der Waals surface area (Å²) in [6.45, 7) is 0. The van der Waals surface area contributed by atoms with Gasteiger partial charge in [-0.3, -0.25) is 4.55 Å². The van der Waals surface area contributed by atoms with E-state index >= 15 is 0 Å². The smallest absolute Gasteiger partial charge is 0.300 e. The molecule has 7 heteroatoms. The molecule has 0 saturated heterocycles. The zero-order chi connectivity index (χ0) is 9.03. The van der Waals surface area contributed by atoms with E-state index < -0.39 is 16.1 Å². The molecule has 12 heavy (non-hydrogen) atoms. The molecule has 0 unspecified atom stereocenters. The Labute approximate surface area is 68.9 Å². The average Bonchev–Trinajstić information content (AvgIpc) is 2.02. The van der Waals surface area contributed by atoms with Crippen LogP contribution in [0.25, 0.3) is 0 Å². The molecule has 0 aliphatic carbocycles. The Kier molecular flexibility index (Phi) is 2.56. The van der Waals surface area contributed by atoms with Crippen LogP contribution in [0.4, 0.5) is 0 Å². The summed E-state index contributed by atoms with van der Waals surface area (Å²) in [5.41, 5.74) is 0. The molecule has 0 aliphatic heterocycles. The van der Waals surface area contributed by atoms with Crippen molar-refractivity contribution in [1.29, 1.82) is 0 Å².